The van der Waals surface area contributed by atoms with Crippen molar-refractivity contribution in [3.8, 4) is 0 Å². The minimum absolute atomic E-state index is 0.248. The van der Waals surface area contributed by atoms with E-state index >= 15 is 0 Å². The fourth-order valence-corrected chi connectivity index (χ4v) is 2.69. The summed E-state index contributed by atoms with van der Waals surface area (Å²) in [6, 6.07) is 6.54. The summed E-state index contributed by atoms with van der Waals surface area (Å²) in [6.07, 6.45) is -0.693. The van der Waals surface area contributed by atoms with Crippen molar-refractivity contribution in [3.05, 3.63) is 55.9 Å². The lowest BCUT2D eigenvalue weighted by molar-refractivity contribution is 0.220. The zero-order chi connectivity index (χ0) is 11.7. The minimum atomic E-state index is -0.693. The molecule has 0 radical (unpaired) electrons. The smallest absolute Gasteiger partial charge is 0.126 e. The van der Waals surface area contributed by atoms with Gasteiger partial charge in [0.1, 0.15) is 11.9 Å². The topological polar surface area (TPSA) is 20.2 Å². The van der Waals surface area contributed by atoms with Crippen molar-refractivity contribution in [2.24, 2.45) is 0 Å². The summed E-state index contributed by atoms with van der Waals surface area (Å²) in [5.74, 6) is -0.248. The SMILES string of the molecule is Cc1cc(C(O)c2csc(Br)c2)ccc1F. The van der Waals surface area contributed by atoms with Crippen LogP contribution in [0.15, 0.2) is 33.4 Å². The van der Waals surface area contributed by atoms with Gasteiger partial charge in [-0.25, -0.2) is 4.39 Å². The van der Waals surface area contributed by atoms with Gasteiger partial charge in [0.25, 0.3) is 0 Å². The molecule has 1 unspecified atom stereocenters. The molecule has 1 aromatic heterocycles. The molecule has 0 aliphatic heterocycles. The third kappa shape index (κ3) is 2.34. The Hall–Kier alpha value is -0.710. The molecular weight excluding hydrogens is 291 g/mol. The largest absolute Gasteiger partial charge is 0.384 e. The molecule has 0 fully saturated rings. The number of rotatable bonds is 2. The maximum absolute atomic E-state index is 13.1. The number of hydrogen-bond donors (Lipinski definition) is 1. The molecule has 0 bridgehead atoms. The molecule has 84 valence electrons. The average Bonchev–Trinajstić information content (AvgIpc) is 2.68. The molecule has 2 aromatic rings. The molecule has 0 spiro atoms. The molecule has 0 saturated carbocycles. The summed E-state index contributed by atoms with van der Waals surface area (Å²) >= 11 is 4.86. The highest BCUT2D eigenvalue weighted by Crippen LogP contribution is 2.29. The Bertz CT molecular complexity index is 509. The van der Waals surface area contributed by atoms with Crippen molar-refractivity contribution < 1.29 is 9.50 Å². The van der Waals surface area contributed by atoms with Crippen LogP contribution < -0.4 is 0 Å². The van der Waals surface area contributed by atoms with E-state index in [1.165, 1.54) is 17.4 Å². The highest BCUT2D eigenvalue weighted by Gasteiger charge is 2.13. The molecule has 2 rings (SSSR count). The van der Waals surface area contributed by atoms with Crippen LogP contribution in [0.5, 0.6) is 0 Å². The third-order valence-electron chi connectivity index (χ3n) is 2.40. The second-order valence-corrected chi connectivity index (χ2v) is 5.89. The number of aliphatic hydroxyl groups excluding tert-OH is 1. The monoisotopic (exact) mass is 300 g/mol. The van der Waals surface area contributed by atoms with Crippen molar-refractivity contribution in [3.63, 3.8) is 0 Å². The second kappa shape index (κ2) is 4.65. The van der Waals surface area contributed by atoms with Crippen molar-refractivity contribution in [1.82, 2.24) is 0 Å². The first kappa shape index (κ1) is 11.8. The van der Waals surface area contributed by atoms with Gasteiger partial charge in [0.2, 0.25) is 0 Å². The van der Waals surface area contributed by atoms with E-state index in [4.69, 9.17) is 0 Å². The predicted molar refractivity (Wildman–Crippen MR) is 67.2 cm³/mol. The van der Waals surface area contributed by atoms with Crippen LogP contribution >= 0.6 is 27.3 Å². The number of aliphatic hydroxyl groups is 1. The van der Waals surface area contributed by atoms with E-state index < -0.39 is 6.10 Å². The summed E-state index contributed by atoms with van der Waals surface area (Å²) < 4.78 is 14.1. The molecule has 1 heterocycles. The van der Waals surface area contributed by atoms with Crippen LogP contribution in [-0.2, 0) is 0 Å². The van der Waals surface area contributed by atoms with Gasteiger partial charge in [-0.2, -0.15) is 0 Å². The number of aryl methyl sites for hydroxylation is 1. The van der Waals surface area contributed by atoms with Crippen molar-refractivity contribution >= 4 is 27.3 Å². The van der Waals surface area contributed by atoms with Gasteiger partial charge < -0.3 is 5.11 Å². The zero-order valence-corrected chi connectivity index (χ0v) is 11.0. The molecule has 0 amide bonds. The van der Waals surface area contributed by atoms with Crippen LogP contribution in [0.25, 0.3) is 0 Å². The van der Waals surface area contributed by atoms with Crippen LogP contribution in [0.4, 0.5) is 4.39 Å². The zero-order valence-electron chi connectivity index (χ0n) is 8.58. The summed E-state index contributed by atoms with van der Waals surface area (Å²) in [4.78, 5) is 0. The first-order chi connectivity index (χ1) is 7.58. The Morgan fingerprint density at radius 3 is 2.62 bits per heavy atom. The Balaban J connectivity index is 2.33. The van der Waals surface area contributed by atoms with E-state index in [1.807, 2.05) is 11.4 Å². The fourth-order valence-electron chi connectivity index (χ4n) is 1.50. The minimum Gasteiger partial charge on any atom is -0.384 e. The van der Waals surface area contributed by atoms with Gasteiger partial charge in [0.05, 0.1) is 3.79 Å². The maximum Gasteiger partial charge on any atom is 0.126 e. The molecular formula is C12H10BrFOS. The van der Waals surface area contributed by atoms with E-state index in [-0.39, 0.29) is 5.82 Å². The van der Waals surface area contributed by atoms with Gasteiger partial charge in [0, 0.05) is 0 Å². The Morgan fingerprint density at radius 2 is 2.06 bits per heavy atom. The first-order valence-corrected chi connectivity index (χ1v) is 6.43. The predicted octanol–water partition coefficient (Wildman–Crippen LogP) is 4.04. The highest BCUT2D eigenvalue weighted by molar-refractivity contribution is 9.11. The summed E-state index contributed by atoms with van der Waals surface area (Å²) in [7, 11) is 0. The first-order valence-electron chi connectivity index (χ1n) is 4.76. The quantitative estimate of drug-likeness (QED) is 0.887. The summed E-state index contributed by atoms with van der Waals surface area (Å²) in [6.45, 7) is 1.69. The summed E-state index contributed by atoms with van der Waals surface area (Å²) in [5.41, 5.74) is 2.08. The molecule has 1 nitrogen and oxygen atoms in total. The van der Waals surface area contributed by atoms with Gasteiger partial charge in [0.15, 0.2) is 0 Å². The number of hydrogen-bond acceptors (Lipinski definition) is 2. The van der Waals surface area contributed by atoms with Crippen LogP contribution in [0.2, 0.25) is 0 Å². The van der Waals surface area contributed by atoms with Gasteiger partial charge in [-0.1, -0.05) is 12.1 Å². The second-order valence-electron chi connectivity index (χ2n) is 3.60. The Morgan fingerprint density at radius 1 is 1.31 bits per heavy atom. The van der Waals surface area contributed by atoms with Gasteiger partial charge >= 0.3 is 0 Å². The van der Waals surface area contributed by atoms with Gasteiger partial charge in [-0.3, -0.25) is 0 Å². The Labute approximate surface area is 106 Å². The lowest BCUT2D eigenvalue weighted by Gasteiger charge is -2.10. The van der Waals surface area contributed by atoms with E-state index in [2.05, 4.69) is 15.9 Å². The van der Waals surface area contributed by atoms with Crippen molar-refractivity contribution in [1.29, 1.82) is 0 Å². The molecule has 4 heteroatoms. The summed E-state index contributed by atoms with van der Waals surface area (Å²) in [5, 5.41) is 12.0. The molecule has 1 atom stereocenters. The van der Waals surface area contributed by atoms with E-state index in [0.717, 1.165) is 9.35 Å². The van der Waals surface area contributed by atoms with E-state index in [0.29, 0.717) is 11.1 Å². The molecule has 1 N–H and O–H groups in total. The molecule has 1 aromatic carbocycles. The third-order valence-corrected chi connectivity index (χ3v) is 3.92. The number of halogens is 2. The lowest BCUT2D eigenvalue weighted by Crippen LogP contribution is -1.99. The van der Waals surface area contributed by atoms with Gasteiger partial charge in [-0.05, 0) is 57.1 Å². The standard InChI is InChI=1S/C12H10BrFOS/c1-7-4-8(2-3-10(7)14)12(15)9-5-11(13)16-6-9/h2-6,12,15H,1H3. The Kier molecular flexibility index (Phi) is 3.42. The van der Waals surface area contributed by atoms with Crippen LogP contribution in [0.3, 0.4) is 0 Å². The fraction of sp³-hybridized carbons (Fsp3) is 0.167. The number of benzene rings is 1. The average molecular weight is 301 g/mol. The molecule has 16 heavy (non-hydrogen) atoms. The molecule has 0 aliphatic carbocycles. The van der Waals surface area contributed by atoms with Crippen molar-refractivity contribution in [2.75, 3.05) is 0 Å². The maximum atomic E-state index is 13.1. The van der Waals surface area contributed by atoms with Gasteiger partial charge in [-0.15, -0.1) is 11.3 Å². The lowest BCUT2D eigenvalue weighted by atomic mass is 10.0. The van der Waals surface area contributed by atoms with Crippen molar-refractivity contribution in [2.45, 2.75) is 13.0 Å². The molecule has 0 aliphatic rings. The highest BCUT2D eigenvalue weighted by atomic mass is 79.9. The molecule has 0 saturated heterocycles. The van der Waals surface area contributed by atoms with Crippen LogP contribution in [-0.4, -0.2) is 5.11 Å². The number of thiophene rings is 1. The van der Waals surface area contributed by atoms with E-state index in [1.54, 1.807) is 19.1 Å². The van der Waals surface area contributed by atoms with Crippen LogP contribution in [0.1, 0.15) is 22.8 Å². The van der Waals surface area contributed by atoms with Crippen LogP contribution in [0, 0.1) is 12.7 Å². The normalized spacial score (nSPS) is 12.8. The van der Waals surface area contributed by atoms with E-state index in [9.17, 15) is 9.50 Å².